The number of amides is 1. The van der Waals surface area contributed by atoms with Crippen molar-refractivity contribution in [1.29, 1.82) is 0 Å². The van der Waals surface area contributed by atoms with E-state index in [0.717, 1.165) is 9.26 Å². The molecule has 20 heavy (non-hydrogen) atoms. The van der Waals surface area contributed by atoms with Crippen LogP contribution in [0.25, 0.3) is 0 Å². The predicted molar refractivity (Wildman–Crippen MR) is 90.1 cm³/mol. The SMILES string of the molecule is C[C@@H](Nc1ccc(I)cc1)C(=O)Nc1cccnc1Cl. The van der Waals surface area contributed by atoms with Crippen molar-refractivity contribution in [1.82, 2.24) is 4.98 Å². The maximum Gasteiger partial charge on any atom is 0.246 e. The Hall–Kier alpha value is -1.34. The van der Waals surface area contributed by atoms with Crippen molar-refractivity contribution in [2.75, 3.05) is 10.6 Å². The topological polar surface area (TPSA) is 54.0 Å². The zero-order chi connectivity index (χ0) is 14.5. The number of hydrogen-bond acceptors (Lipinski definition) is 3. The number of carbonyl (C=O) groups excluding carboxylic acids is 1. The molecule has 0 aliphatic rings. The predicted octanol–water partition coefficient (Wildman–Crippen LogP) is 3.78. The van der Waals surface area contributed by atoms with Gasteiger partial charge in [-0.2, -0.15) is 0 Å². The standard InChI is InChI=1S/C14H13ClIN3O/c1-9(18-11-6-4-10(16)5-7-11)14(20)19-12-3-2-8-17-13(12)15/h2-9,18H,1H3,(H,19,20)/t9-/m1/s1. The van der Waals surface area contributed by atoms with Crippen LogP contribution in [0.3, 0.4) is 0 Å². The third-order valence-electron chi connectivity index (χ3n) is 2.64. The molecule has 2 rings (SSSR count). The van der Waals surface area contributed by atoms with Crippen molar-refractivity contribution < 1.29 is 4.79 Å². The lowest BCUT2D eigenvalue weighted by atomic mass is 10.2. The van der Waals surface area contributed by atoms with Gasteiger partial charge in [0.15, 0.2) is 5.15 Å². The van der Waals surface area contributed by atoms with E-state index in [1.807, 2.05) is 24.3 Å². The Morgan fingerprint density at radius 2 is 2.00 bits per heavy atom. The smallest absolute Gasteiger partial charge is 0.246 e. The minimum atomic E-state index is -0.383. The number of pyridine rings is 1. The molecule has 104 valence electrons. The first-order valence-corrected chi connectivity index (χ1v) is 7.45. The molecule has 4 nitrogen and oxygen atoms in total. The van der Waals surface area contributed by atoms with Crippen molar-refractivity contribution in [3.8, 4) is 0 Å². The molecule has 0 saturated carbocycles. The number of nitrogens with zero attached hydrogens (tertiary/aromatic N) is 1. The van der Waals surface area contributed by atoms with E-state index in [2.05, 4.69) is 38.2 Å². The molecule has 2 aromatic rings. The maximum absolute atomic E-state index is 12.1. The number of hydrogen-bond donors (Lipinski definition) is 2. The lowest BCUT2D eigenvalue weighted by molar-refractivity contribution is -0.116. The Labute approximate surface area is 136 Å². The van der Waals surface area contributed by atoms with Crippen LogP contribution in [-0.4, -0.2) is 16.9 Å². The van der Waals surface area contributed by atoms with Crippen LogP contribution in [0.15, 0.2) is 42.6 Å². The Balaban J connectivity index is 1.99. The maximum atomic E-state index is 12.1. The van der Waals surface area contributed by atoms with Gasteiger partial charge in [-0.05, 0) is 65.9 Å². The highest BCUT2D eigenvalue weighted by molar-refractivity contribution is 14.1. The van der Waals surface area contributed by atoms with Gasteiger partial charge in [0.1, 0.15) is 6.04 Å². The lowest BCUT2D eigenvalue weighted by Crippen LogP contribution is -2.32. The number of rotatable bonds is 4. The summed E-state index contributed by atoms with van der Waals surface area (Å²) in [5.41, 5.74) is 1.40. The van der Waals surface area contributed by atoms with Crippen LogP contribution in [0.1, 0.15) is 6.92 Å². The van der Waals surface area contributed by atoms with Gasteiger partial charge in [0.05, 0.1) is 5.69 Å². The van der Waals surface area contributed by atoms with Gasteiger partial charge in [-0.3, -0.25) is 4.79 Å². The van der Waals surface area contributed by atoms with E-state index in [1.54, 1.807) is 25.3 Å². The first-order valence-electron chi connectivity index (χ1n) is 6.00. The summed E-state index contributed by atoms with van der Waals surface area (Å²) in [6.07, 6.45) is 1.57. The quantitative estimate of drug-likeness (QED) is 0.605. The fourth-order valence-electron chi connectivity index (χ4n) is 1.58. The number of aromatic nitrogens is 1. The van der Waals surface area contributed by atoms with Crippen molar-refractivity contribution in [2.45, 2.75) is 13.0 Å². The number of carbonyl (C=O) groups is 1. The fraction of sp³-hybridized carbons (Fsp3) is 0.143. The monoisotopic (exact) mass is 401 g/mol. The summed E-state index contributed by atoms with van der Waals surface area (Å²) in [5.74, 6) is -0.168. The van der Waals surface area contributed by atoms with Gasteiger partial charge in [-0.15, -0.1) is 0 Å². The largest absolute Gasteiger partial charge is 0.374 e. The highest BCUT2D eigenvalue weighted by atomic mass is 127. The third-order valence-corrected chi connectivity index (χ3v) is 3.66. The van der Waals surface area contributed by atoms with Crippen LogP contribution < -0.4 is 10.6 Å². The van der Waals surface area contributed by atoms with Gasteiger partial charge < -0.3 is 10.6 Å². The highest BCUT2D eigenvalue weighted by Gasteiger charge is 2.14. The Morgan fingerprint density at radius 1 is 1.30 bits per heavy atom. The second-order valence-corrected chi connectivity index (χ2v) is 5.81. The van der Waals surface area contributed by atoms with E-state index in [0.29, 0.717) is 5.69 Å². The first-order chi connectivity index (χ1) is 9.56. The van der Waals surface area contributed by atoms with Crippen molar-refractivity contribution >= 4 is 51.5 Å². The van der Waals surface area contributed by atoms with Gasteiger partial charge >= 0.3 is 0 Å². The Morgan fingerprint density at radius 3 is 2.65 bits per heavy atom. The van der Waals surface area contributed by atoms with Gasteiger partial charge in [0, 0.05) is 15.5 Å². The van der Waals surface area contributed by atoms with Crippen LogP contribution in [0.4, 0.5) is 11.4 Å². The number of anilines is 2. The van der Waals surface area contributed by atoms with E-state index in [1.165, 1.54) is 0 Å². The van der Waals surface area contributed by atoms with Crippen molar-refractivity contribution in [3.05, 3.63) is 51.3 Å². The van der Waals surface area contributed by atoms with Gasteiger partial charge in [-0.25, -0.2) is 4.98 Å². The molecule has 0 saturated heterocycles. The summed E-state index contributed by atoms with van der Waals surface area (Å²) in [6, 6.07) is 10.9. The van der Waals surface area contributed by atoms with Crippen molar-refractivity contribution in [2.24, 2.45) is 0 Å². The minimum Gasteiger partial charge on any atom is -0.374 e. The molecule has 1 aromatic carbocycles. The molecule has 1 amide bonds. The fourth-order valence-corrected chi connectivity index (χ4v) is 2.11. The molecular formula is C14H13ClIN3O. The second-order valence-electron chi connectivity index (χ2n) is 4.20. The van der Waals surface area contributed by atoms with E-state index in [-0.39, 0.29) is 17.1 Å². The van der Waals surface area contributed by atoms with Crippen molar-refractivity contribution in [3.63, 3.8) is 0 Å². The first kappa shape index (κ1) is 15.1. The zero-order valence-corrected chi connectivity index (χ0v) is 13.6. The summed E-state index contributed by atoms with van der Waals surface area (Å²) in [5, 5.41) is 6.15. The molecule has 0 spiro atoms. The number of benzene rings is 1. The average molecular weight is 402 g/mol. The molecule has 0 aliphatic heterocycles. The summed E-state index contributed by atoms with van der Waals surface area (Å²) in [4.78, 5) is 16.0. The molecule has 1 atom stereocenters. The van der Waals surface area contributed by atoms with Gasteiger partial charge in [0.2, 0.25) is 5.91 Å². The van der Waals surface area contributed by atoms with E-state index in [4.69, 9.17) is 11.6 Å². The molecule has 0 aliphatic carbocycles. The number of halogens is 2. The van der Waals surface area contributed by atoms with E-state index >= 15 is 0 Å². The Kier molecular flexibility index (Phi) is 5.19. The zero-order valence-electron chi connectivity index (χ0n) is 10.7. The molecule has 0 bridgehead atoms. The number of nitrogens with one attached hydrogen (secondary N) is 2. The van der Waals surface area contributed by atoms with Gasteiger partial charge in [-0.1, -0.05) is 11.6 Å². The molecule has 1 aromatic heterocycles. The molecule has 0 radical (unpaired) electrons. The summed E-state index contributed by atoms with van der Waals surface area (Å²) < 4.78 is 1.15. The van der Waals surface area contributed by atoms with Crippen LogP contribution in [0.2, 0.25) is 5.15 Å². The minimum absolute atomic E-state index is 0.168. The van der Waals surface area contributed by atoms with Gasteiger partial charge in [0.25, 0.3) is 0 Å². The average Bonchev–Trinajstić information content (AvgIpc) is 2.44. The van der Waals surface area contributed by atoms with E-state index in [9.17, 15) is 4.79 Å². The van der Waals surface area contributed by atoms with Crippen LogP contribution >= 0.6 is 34.2 Å². The molecule has 0 unspecified atom stereocenters. The second kappa shape index (κ2) is 6.90. The van der Waals surface area contributed by atoms with Crippen LogP contribution in [0.5, 0.6) is 0 Å². The normalized spacial score (nSPS) is 11.8. The molecule has 0 fully saturated rings. The molecule has 1 heterocycles. The highest BCUT2D eigenvalue weighted by Crippen LogP contribution is 2.18. The van der Waals surface area contributed by atoms with Crippen LogP contribution in [-0.2, 0) is 4.79 Å². The third kappa shape index (κ3) is 4.08. The summed E-state index contributed by atoms with van der Waals surface area (Å²) >= 11 is 8.14. The van der Waals surface area contributed by atoms with E-state index < -0.39 is 0 Å². The lowest BCUT2D eigenvalue weighted by Gasteiger charge is -2.15. The molecular weight excluding hydrogens is 389 g/mol. The molecule has 2 N–H and O–H groups in total. The van der Waals surface area contributed by atoms with Crippen LogP contribution in [0, 0.1) is 3.57 Å². The Bertz CT molecular complexity index is 604. The molecule has 6 heteroatoms. The summed E-state index contributed by atoms with van der Waals surface area (Å²) in [6.45, 7) is 1.79. The summed E-state index contributed by atoms with van der Waals surface area (Å²) in [7, 11) is 0.